The van der Waals surface area contributed by atoms with Gasteiger partial charge in [0.15, 0.2) is 0 Å². The highest BCUT2D eigenvalue weighted by molar-refractivity contribution is 7.22. The second-order valence-corrected chi connectivity index (χ2v) is 6.74. The number of aromatic nitrogens is 4. The van der Waals surface area contributed by atoms with Gasteiger partial charge in [0.25, 0.3) is 5.56 Å². The smallest absolute Gasteiger partial charge is 0.268 e. The molecule has 1 fully saturated rings. The van der Waals surface area contributed by atoms with Crippen LogP contribution in [-0.4, -0.2) is 26.7 Å². The first-order chi connectivity index (χ1) is 10.7. The Morgan fingerprint density at radius 2 is 2.27 bits per heavy atom. The molecular formula is C15H17N5OS. The SMILES string of the molecule is Cc1[nH]ncc1-c1cc2nc(C3CCCCN3)[nH]c(=O)c2s1. The molecule has 1 saturated heterocycles. The average molecular weight is 315 g/mol. The van der Waals surface area contributed by atoms with E-state index in [0.717, 1.165) is 40.4 Å². The number of nitrogens with one attached hydrogen (secondary N) is 3. The molecule has 6 nitrogen and oxygen atoms in total. The Morgan fingerprint density at radius 3 is 3.00 bits per heavy atom. The summed E-state index contributed by atoms with van der Waals surface area (Å²) in [6, 6.07) is 2.14. The maximum absolute atomic E-state index is 12.4. The second kappa shape index (κ2) is 5.33. The van der Waals surface area contributed by atoms with E-state index >= 15 is 0 Å². The van der Waals surface area contributed by atoms with E-state index in [4.69, 9.17) is 0 Å². The van der Waals surface area contributed by atoms with Crippen LogP contribution in [0.1, 0.15) is 36.8 Å². The Morgan fingerprint density at radius 1 is 1.36 bits per heavy atom. The molecule has 0 aromatic carbocycles. The lowest BCUT2D eigenvalue weighted by Crippen LogP contribution is -2.29. The average Bonchev–Trinajstić information content (AvgIpc) is 3.14. The van der Waals surface area contributed by atoms with Gasteiger partial charge < -0.3 is 10.3 Å². The third-order valence-electron chi connectivity index (χ3n) is 4.14. The lowest BCUT2D eigenvalue weighted by molar-refractivity contribution is 0.397. The van der Waals surface area contributed by atoms with Crippen LogP contribution in [0.4, 0.5) is 0 Å². The number of fused-ring (bicyclic) bond motifs is 1. The van der Waals surface area contributed by atoms with E-state index in [9.17, 15) is 4.79 Å². The summed E-state index contributed by atoms with van der Waals surface area (Å²) in [6.07, 6.45) is 5.16. The molecule has 0 spiro atoms. The molecule has 1 atom stereocenters. The summed E-state index contributed by atoms with van der Waals surface area (Å²) in [7, 11) is 0. The van der Waals surface area contributed by atoms with Crippen LogP contribution >= 0.6 is 11.3 Å². The highest BCUT2D eigenvalue weighted by Gasteiger charge is 2.19. The Bertz CT molecular complexity index is 872. The highest BCUT2D eigenvalue weighted by atomic mass is 32.1. The Kier molecular flexibility index (Phi) is 3.31. The molecule has 3 aromatic rings. The normalized spacial score (nSPS) is 18.9. The summed E-state index contributed by atoms with van der Waals surface area (Å²) in [5.41, 5.74) is 2.74. The molecule has 0 amide bonds. The fourth-order valence-corrected chi connectivity index (χ4v) is 4.00. The third kappa shape index (κ3) is 2.26. The molecular weight excluding hydrogens is 298 g/mol. The molecule has 3 aromatic heterocycles. The summed E-state index contributed by atoms with van der Waals surface area (Å²) in [4.78, 5) is 21.0. The highest BCUT2D eigenvalue weighted by Crippen LogP contribution is 2.32. The van der Waals surface area contributed by atoms with Gasteiger partial charge in [0, 0.05) is 16.1 Å². The Balaban J connectivity index is 1.81. The molecule has 3 N–H and O–H groups in total. The number of H-pyrrole nitrogens is 2. The summed E-state index contributed by atoms with van der Waals surface area (Å²) in [5, 5.41) is 10.4. The lowest BCUT2D eigenvalue weighted by Gasteiger charge is -2.22. The molecule has 4 heterocycles. The molecule has 114 valence electrons. The molecule has 0 aliphatic carbocycles. The van der Waals surface area contributed by atoms with E-state index in [1.165, 1.54) is 24.2 Å². The fraction of sp³-hybridized carbons (Fsp3) is 0.400. The lowest BCUT2D eigenvalue weighted by atomic mass is 10.0. The summed E-state index contributed by atoms with van der Waals surface area (Å²) in [6.45, 7) is 2.96. The minimum atomic E-state index is -0.0511. The molecule has 0 bridgehead atoms. The standard InChI is InChI=1S/C15H17N5OS/c1-8-9(7-17-20-8)12-6-11-13(22-12)15(21)19-14(18-11)10-4-2-3-5-16-10/h6-7,10,16H,2-5H2,1H3,(H,17,20)(H,18,19,21). The number of hydrogen-bond acceptors (Lipinski definition) is 5. The number of hydrogen-bond donors (Lipinski definition) is 3. The number of aryl methyl sites for hydroxylation is 1. The minimum absolute atomic E-state index is 0.0511. The van der Waals surface area contributed by atoms with Crippen molar-refractivity contribution in [3.8, 4) is 10.4 Å². The predicted octanol–water partition coefficient (Wildman–Crippen LogP) is 2.50. The van der Waals surface area contributed by atoms with Crippen molar-refractivity contribution in [2.24, 2.45) is 0 Å². The largest absolute Gasteiger partial charge is 0.308 e. The van der Waals surface area contributed by atoms with Crippen LogP contribution < -0.4 is 10.9 Å². The molecule has 4 rings (SSSR count). The van der Waals surface area contributed by atoms with Crippen LogP contribution in [-0.2, 0) is 0 Å². The van der Waals surface area contributed by atoms with Gasteiger partial charge in [-0.05, 0) is 32.4 Å². The van der Waals surface area contributed by atoms with Crippen molar-refractivity contribution < 1.29 is 0 Å². The molecule has 1 aliphatic heterocycles. The number of rotatable bonds is 2. The molecule has 7 heteroatoms. The van der Waals surface area contributed by atoms with Crippen LogP contribution in [0.3, 0.4) is 0 Å². The quantitative estimate of drug-likeness (QED) is 0.678. The number of aromatic amines is 2. The van der Waals surface area contributed by atoms with Crippen molar-refractivity contribution in [2.45, 2.75) is 32.2 Å². The van der Waals surface area contributed by atoms with E-state index in [-0.39, 0.29) is 11.6 Å². The third-order valence-corrected chi connectivity index (χ3v) is 5.29. The number of nitrogens with zero attached hydrogens (tertiary/aromatic N) is 2. The van der Waals surface area contributed by atoms with Gasteiger partial charge in [-0.1, -0.05) is 6.42 Å². The first kappa shape index (κ1) is 13.7. The summed E-state index contributed by atoms with van der Waals surface area (Å²) < 4.78 is 0.676. The van der Waals surface area contributed by atoms with Crippen molar-refractivity contribution >= 4 is 21.6 Å². The van der Waals surface area contributed by atoms with Gasteiger partial charge in [-0.3, -0.25) is 9.89 Å². The van der Waals surface area contributed by atoms with Crippen LogP contribution in [0.2, 0.25) is 0 Å². The zero-order chi connectivity index (χ0) is 15.1. The van der Waals surface area contributed by atoms with Gasteiger partial charge in [0.05, 0.1) is 17.8 Å². The van der Waals surface area contributed by atoms with Crippen LogP contribution in [0.5, 0.6) is 0 Å². The summed E-state index contributed by atoms with van der Waals surface area (Å²) in [5.74, 6) is 0.755. The van der Waals surface area contributed by atoms with Crippen molar-refractivity contribution in [1.29, 1.82) is 0 Å². The predicted molar refractivity (Wildman–Crippen MR) is 87.2 cm³/mol. The van der Waals surface area contributed by atoms with Crippen molar-refractivity contribution in [1.82, 2.24) is 25.5 Å². The van der Waals surface area contributed by atoms with Crippen LogP contribution in [0.25, 0.3) is 20.7 Å². The Hall–Kier alpha value is -1.99. The summed E-state index contributed by atoms with van der Waals surface area (Å²) >= 11 is 1.46. The van der Waals surface area contributed by atoms with Crippen LogP contribution in [0.15, 0.2) is 17.1 Å². The van der Waals surface area contributed by atoms with E-state index in [2.05, 4.69) is 25.5 Å². The van der Waals surface area contributed by atoms with Gasteiger partial charge in [0.2, 0.25) is 0 Å². The number of piperidine rings is 1. The molecule has 22 heavy (non-hydrogen) atoms. The monoisotopic (exact) mass is 315 g/mol. The van der Waals surface area contributed by atoms with Gasteiger partial charge in [-0.15, -0.1) is 11.3 Å². The second-order valence-electron chi connectivity index (χ2n) is 5.69. The van der Waals surface area contributed by atoms with E-state index in [1.54, 1.807) is 6.20 Å². The van der Waals surface area contributed by atoms with Crippen molar-refractivity contribution in [3.05, 3.63) is 34.1 Å². The number of thiophene rings is 1. The maximum Gasteiger partial charge on any atom is 0.268 e. The Labute approximate surface area is 131 Å². The first-order valence-corrected chi connectivity index (χ1v) is 8.31. The van der Waals surface area contributed by atoms with E-state index in [1.807, 2.05) is 13.0 Å². The van der Waals surface area contributed by atoms with Gasteiger partial charge in [-0.25, -0.2) is 4.98 Å². The first-order valence-electron chi connectivity index (χ1n) is 7.50. The molecule has 0 saturated carbocycles. The van der Waals surface area contributed by atoms with Gasteiger partial charge in [-0.2, -0.15) is 5.10 Å². The van der Waals surface area contributed by atoms with Gasteiger partial charge in [0.1, 0.15) is 10.5 Å². The zero-order valence-electron chi connectivity index (χ0n) is 12.3. The van der Waals surface area contributed by atoms with Crippen molar-refractivity contribution in [2.75, 3.05) is 6.54 Å². The van der Waals surface area contributed by atoms with E-state index < -0.39 is 0 Å². The molecule has 1 aliphatic rings. The fourth-order valence-electron chi connectivity index (χ4n) is 2.94. The van der Waals surface area contributed by atoms with Crippen LogP contribution in [0, 0.1) is 6.92 Å². The molecule has 0 radical (unpaired) electrons. The van der Waals surface area contributed by atoms with Gasteiger partial charge >= 0.3 is 0 Å². The topological polar surface area (TPSA) is 86.5 Å². The zero-order valence-corrected chi connectivity index (χ0v) is 13.1. The molecule has 1 unspecified atom stereocenters. The minimum Gasteiger partial charge on any atom is -0.308 e. The van der Waals surface area contributed by atoms with E-state index in [0.29, 0.717) is 4.70 Å². The maximum atomic E-state index is 12.4. The van der Waals surface area contributed by atoms with Crippen molar-refractivity contribution in [3.63, 3.8) is 0 Å².